The van der Waals surface area contributed by atoms with E-state index < -0.39 is 0 Å². The SMILES string of the molecule is C=C(C)CN=c1scc(-c2ccco2)n1N=C(C)CCCC. The van der Waals surface area contributed by atoms with Gasteiger partial charge in [0, 0.05) is 11.1 Å². The van der Waals surface area contributed by atoms with E-state index in [4.69, 9.17) is 9.52 Å². The molecule has 0 saturated heterocycles. The van der Waals surface area contributed by atoms with Gasteiger partial charge in [0.15, 0.2) is 5.76 Å². The molecule has 2 aromatic rings. The van der Waals surface area contributed by atoms with Crippen molar-refractivity contribution in [3.05, 3.63) is 40.7 Å². The minimum atomic E-state index is 0.613. The van der Waals surface area contributed by atoms with Crippen molar-refractivity contribution in [1.29, 1.82) is 0 Å². The van der Waals surface area contributed by atoms with Crippen LogP contribution in [0.25, 0.3) is 11.5 Å². The Morgan fingerprint density at radius 3 is 2.86 bits per heavy atom. The number of rotatable bonds is 7. The second-order valence-electron chi connectivity index (χ2n) is 5.40. The molecule has 0 bridgehead atoms. The summed E-state index contributed by atoms with van der Waals surface area (Å²) < 4.78 is 7.41. The standard InChI is InChI=1S/C17H23N3OS/c1-5-6-8-14(4)19-20-15(16-9-7-10-21-16)12-22-17(20)18-11-13(2)3/h7,9-10,12H,2,5-6,8,11H2,1,3-4H3. The van der Waals surface area contributed by atoms with Crippen molar-refractivity contribution in [2.24, 2.45) is 10.1 Å². The molecule has 0 fully saturated rings. The van der Waals surface area contributed by atoms with Crippen LogP contribution in [0.4, 0.5) is 0 Å². The Hall–Kier alpha value is -1.88. The molecule has 0 aliphatic carbocycles. The molecule has 0 unspecified atom stereocenters. The van der Waals surface area contributed by atoms with Crippen LogP contribution in [0.1, 0.15) is 40.0 Å². The molecule has 0 aliphatic heterocycles. The molecule has 0 atom stereocenters. The summed E-state index contributed by atoms with van der Waals surface area (Å²) in [6.45, 7) is 10.7. The van der Waals surface area contributed by atoms with Gasteiger partial charge in [-0.2, -0.15) is 5.10 Å². The molecule has 0 amide bonds. The van der Waals surface area contributed by atoms with Crippen molar-refractivity contribution in [2.45, 2.75) is 40.0 Å². The van der Waals surface area contributed by atoms with Crippen LogP contribution in [0.15, 0.2) is 50.4 Å². The Morgan fingerprint density at radius 2 is 2.23 bits per heavy atom. The van der Waals surface area contributed by atoms with Crippen molar-refractivity contribution in [2.75, 3.05) is 6.54 Å². The largest absolute Gasteiger partial charge is 0.463 e. The normalized spacial score (nSPS) is 12.9. The average Bonchev–Trinajstić information content (AvgIpc) is 3.12. The second kappa shape index (κ2) is 7.94. The van der Waals surface area contributed by atoms with Crippen molar-refractivity contribution in [3.63, 3.8) is 0 Å². The Morgan fingerprint density at radius 1 is 1.41 bits per heavy atom. The summed E-state index contributed by atoms with van der Waals surface area (Å²) in [7, 11) is 0. The molecule has 0 aromatic carbocycles. The molecule has 2 heterocycles. The molecular weight excluding hydrogens is 294 g/mol. The first-order valence-corrected chi connectivity index (χ1v) is 8.43. The quantitative estimate of drug-likeness (QED) is 0.539. The van der Waals surface area contributed by atoms with Crippen molar-refractivity contribution in [3.8, 4) is 11.5 Å². The van der Waals surface area contributed by atoms with Gasteiger partial charge >= 0.3 is 0 Å². The molecule has 118 valence electrons. The monoisotopic (exact) mass is 317 g/mol. The third kappa shape index (κ3) is 4.31. The summed E-state index contributed by atoms with van der Waals surface area (Å²) in [5.74, 6) is 0.806. The Kier molecular flexibility index (Phi) is 5.95. The summed E-state index contributed by atoms with van der Waals surface area (Å²) in [4.78, 5) is 5.47. The average molecular weight is 317 g/mol. The first kappa shape index (κ1) is 16.5. The zero-order valence-corrected chi connectivity index (χ0v) is 14.3. The Labute approximate surface area is 135 Å². The number of hydrogen-bond donors (Lipinski definition) is 0. The van der Waals surface area contributed by atoms with Crippen LogP contribution in [0.2, 0.25) is 0 Å². The van der Waals surface area contributed by atoms with Gasteiger partial charge in [0.05, 0.1) is 12.8 Å². The highest BCUT2D eigenvalue weighted by atomic mass is 32.1. The minimum Gasteiger partial charge on any atom is -0.463 e. The summed E-state index contributed by atoms with van der Waals surface area (Å²) >= 11 is 1.57. The van der Waals surface area contributed by atoms with Crippen LogP contribution < -0.4 is 4.80 Å². The summed E-state index contributed by atoms with van der Waals surface area (Å²) in [6, 6.07) is 3.83. The molecule has 5 heteroatoms. The van der Waals surface area contributed by atoms with Gasteiger partial charge in [-0.25, -0.2) is 4.68 Å². The first-order chi connectivity index (χ1) is 10.6. The lowest BCUT2D eigenvalue weighted by atomic mass is 10.2. The molecular formula is C17H23N3OS. The molecule has 0 saturated carbocycles. The van der Waals surface area contributed by atoms with Crippen LogP contribution in [0.3, 0.4) is 0 Å². The number of nitrogens with zero attached hydrogens (tertiary/aromatic N) is 3. The molecule has 2 aromatic heterocycles. The van der Waals surface area contributed by atoms with Gasteiger partial charge in [0.2, 0.25) is 4.80 Å². The van der Waals surface area contributed by atoms with E-state index in [0.29, 0.717) is 6.54 Å². The molecule has 0 N–H and O–H groups in total. The Bertz CT molecular complexity index is 705. The summed E-state index contributed by atoms with van der Waals surface area (Å²) in [6.07, 6.45) is 4.99. The molecule has 2 rings (SSSR count). The Balaban J connectivity index is 2.44. The highest BCUT2D eigenvalue weighted by Crippen LogP contribution is 2.20. The maximum absolute atomic E-state index is 5.52. The van der Waals surface area contributed by atoms with E-state index in [1.807, 2.05) is 29.1 Å². The van der Waals surface area contributed by atoms with Gasteiger partial charge in [-0.3, -0.25) is 4.99 Å². The smallest absolute Gasteiger partial charge is 0.206 e. The highest BCUT2D eigenvalue weighted by Gasteiger charge is 2.10. The fraction of sp³-hybridized carbons (Fsp3) is 0.412. The van der Waals surface area contributed by atoms with E-state index >= 15 is 0 Å². The predicted octanol–water partition coefficient (Wildman–Crippen LogP) is 4.70. The maximum atomic E-state index is 5.52. The third-order valence-electron chi connectivity index (χ3n) is 3.11. The third-order valence-corrected chi connectivity index (χ3v) is 3.96. The maximum Gasteiger partial charge on any atom is 0.206 e. The van der Waals surface area contributed by atoms with Gasteiger partial charge in [0.1, 0.15) is 5.69 Å². The van der Waals surface area contributed by atoms with E-state index in [1.165, 1.54) is 6.42 Å². The van der Waals surface area contributed by atoms with Gasteiger partial charge < -0.3 is 4.42 Å². The lowest BCUT2D eigenvalue weighted by Gasteiger charge is -2.04. The fourth-order valence-corrected chi connectivity index (χ4v) is 2.77. The van der Waals surface area contributed by atoms with Crippen molar-refractivity contribution < 1.29 is 4.42 Å². The number of aromatic nitrogens is 1. The van der Waals surface area contributed by atoms with Gasteiger partial charge in [-0.1, -0.05) is 25.5 Å². The lowest BCUT2D eigenvalue weighted by Crippen LogP contribution is -2.14. The van der Waals surface area contributed by atoms with Crippen LogP contribution in [0, 0.1) is 0 Å². The van der Waals surface area contributed by atoms with E-state index in [1.54, 1.807) is 17.6 Å². The van der Waals surface area contributed by atoms with E-state index in [2.05, 4.69) is 25.4 Å². The number of thiazole rings is 1. The van der Waals surface area contributed by atoms with Crippen LogP contribution >= 0.6 is 11.3 Å². The molecule has 0 spiro atoms. The molecule has 4 nitrogen and oxygen atoms in total. The van der Waals surface area contributed by atoms with Crippen LogP contribution in [-0.2, 0) is 0 Å². The highest BCUT2D eigenvalue weighted by molar-refractivity contribution is 7.07. The number of unbranched alkanes of at least 4 members (excludes halogenated alkanes) is 1. The van der Waals surface area contributed by atoms with E-state index in [-0.39, 0.29) is 0 Å². The van der Waals surface area contributed by atoms with E-state index in [9.17, 15) is 0 Å². The van der Waals surface area contributed by atoms with Gasteiger partial charge in [-0.05, 0) is 38.8 Å². The fourth-order valence-electron chi connectivity index (χ4n) is 1.95. The topological polar surface area (TPSA) is 42.8 Å². The number of hydrogen-bond acceptors (Lipinski definition) is 4. The predicted molar refractivity (Wildman–Crippen MR) is 93.3 cm³/mol. The second-order valence-corrected chi connectivity index (χ2v) is 6.24. The van der Waals surface area contributed by atoms with Crippen LogP contribution in [0.5, 0.6) is 0 Å². The molecule has 0 aliphatic rings. The summed E-state index contributed by atoms with van der Waals surface area (Å²) in [5.41, 5.74) is 3.07. The number of furan rings is 1. The van der Waals surface area contributed by atoms with Gasteiger partial charge in [0.25, 0.3) is 0 Å². The van der Waals surface area contributed by atoms with Crippen LogP contribution in [-0.4, -0.2) is 16.9 Å². The summed E-state index contributed by atoms with van der Waals surface area (Å²) in [5, 5.41) is 6.79. The minimum absolute atomic E-state index is 0.613. The molecule has 0 radical (unpaired) electrons. The van der Waals surface area contributed by atoms with E-state index in [0.717, 1.165) is 40.4 Å². The molecule has 22 heavy (non-hydrogen) atoms. The lowest BCUT2D eigenvalue weighted by molar-refractivity contribution is 0.575. The van der Waals surface area contributed by atoms with Gasteiger partial charge in [-0.15, -0.1) is 11.3 Å². The first-order valence-electron chi connectivity index (χ1n) is 7.55. The van der Waals surface area contributed by atoms with Crippen molar-refractivity contribution in [1.82, 2.24) is 4.68 Å². The zero-order chi connectivity index (χ0) is 15.9. The zero-order valence-electron chi connectivity index (χ0n) is 13.5. The van der Waals surface area contributed by atoms with Crippen molar-refractivity contribution >= 4 is 17.0 Å².